The number of thioether (sulfide) groups is 1. The van der Waals surface area contributed by atoms with Crippen molar-refractivity contribution in [2.45, 2.75) is 75.4 Å². The fourth-order valence-corrected chi connectivity index (χ4v) is 5.98. The molecule has 38 heavy (non-hydrogen) atoms. The van der Waals surface area contributed by atoms with Gasteiger partial charge in [-0.15, -0.1) is 11.8 Å². The largest absolute Gasteiger partial charge is 0.352 e. The molecule has 3 aromatic carbocycles. The SMILES string of the molecule is Cc1ccc(SCCC(=O)N(Cc2ccccc2Cl)[C@H](Cc2ccccc2)C(=O)NC2CCCCC2)cc1. The molecular formula is C32H37ClN2O2S. The molecule has 0 saturated heterocycles. The van der Waals surface area contributed by atoms with E-state index in [9.17, 15) is 9.59 Å². The predicted octanol–water partition coefficient (Wildman–Crippen LogP) is 7.22. The van der Waals surface area contributed by atoms with Crippen LogP contribution in [0.4, 0.5) is 0 Å². The highest BCUT2D eigenvalue weighted by Gasteiger charge is 2.32. The number of carbonyl (C=O) groups excluding carboxylic acids is 2. The summed E-state index contributed by atoms with van der Waals surface area (Å²) in [6.45, 7) is 2.36. The highest BCUT2D eigenvalue weighted by Crippen LogP contribution is 2.24. The second-order valence-electron chi connectivity index (χ2n) is 10.1. The molecule has 0 spiro atoms. The Bertz CT molecular complexity index is 1180. The summed E-state index contributed by atoms with van der Waals surface area (Å²) in [6, 6.07) is 25.4. The molecule has 1 fully saturated rings. The Morgan fingerprint density at radius 2 is 1.63 bits per heavy atom. The van der Waals surface area contributed by atoms with Crippen LogP contribution in [0.3, 0.4) is 0 Å². The number of carbonyl (C=O) groups is 2. The Hall–Kier alpha value is -2.76. The molecule has 200 valence electrons. The Morgan fingerprint density at radius 1 is 0.947 bits per heavy atom. The van der Waals surface area contributed by atoms with Crippen LogP contribution in [0.15, 0.2) is 83.8 Å². The summed E-state index contributed by atoms with van der Waals surface area (Å²) in [5, 5.41) is 3.89. The van der Waals surface area contributed by atoms with Gasteiger partial charge in [0, 0.05) is 41.1 Å². The highest BCUT2D eigenvalue weighted by molar-refractivity contribution is 7.99. The lowest BCUT2D eigenvalue weighted by Crippen LogP contribution is -2.53. The van der Waals surface area contributed by atoms with Gasteiger partial charge in [0.1, 0.15) is 6.04 Å². The number of halogens is 1. The van der Waals surface area contributed by atoms with Crippen molar-refractivity contribution in [1.82, 2.24) is 10.2 Å². The second kappa shape index (κ2) is 14.4. The van der Waals surface area contributed by atoms with Crippen LogP contribution in [0.2, 0.25) is 5.02 Å². The van der Waals surface area contributed by atoms with Gasteiger partial charge >= 0.3 is 0 Å². The van der Waals surface area contributed by atoms with Crippen LogP contribution >= 0.6 is 23.4 Å². The first-order valence-corrected chi connectivity index (χ1v) is 14.9. The van der Waals surface area contributed by atoms with E-state index in [0.717, 1.165) is 41.7 Å². The van der Waals surface area contributed by atoms with Crippen LogP contribution in [0.1, 0.15) is 55.2 Å². The van der Waals surface area contributed by atoms with E-state index in [2.05, 4.69) is 36.5 Å². The number of hydrogen-bond acceptors (Lipinski definition) is 3. The molecule has 6 heteroatoms. The van der Waals surface area contributed by atoms with Crippen molar-refractivity contribution in [3.8, 4) is 0 Å². The Kier molecular flexibility index (Phi) is 10.7. The Labute approximate surface area is 236 Å². The molecule has 3 aromatic rings. The van der Waals surface area contributed by atoms with Crippen LogP contribution in [-0.2, 0) is 22.6 Å². The number of rotatable bonds is 11. The molecule has 0 aliphatic heterocycles. The van der Waals surface area contributed by atoms with Crippen molar-refractivity contribution in [1.29, 1.82) is 0 Å². The van der Waals surface area contributed by atoms with E-state index in [1.807, 2.05) is 54.6 Å². The van der Waals surface area contributed by atoms with Crippen molar-refractivity contribution in [3.05, 3.63) is 101 Å². The summed E-state index contributed by atoms with van der Waals surface area (Å²) in [6.07, 6.45) is 6.27. The summed E-state index contributed by atoms with van der Waals surface area (Å²) in [5.41, 5.74) is 3.09. The molecule has 1 saturated carbocycles. The molecule has 1 aliphatic rings. The van der Waals surface area contributed by atoms with Gasteiger partial charge in [-0.25, -0.2) is 0 Å². The summed E-state index contributed by atoms with van der Waals surface area (Å²) >= 11 is 8.19. The lowest BCUT2D eigenvalue weighted by atomic mass is 9.94. The molecule has 1 N–H and O–H groups in total. The maximum absolute atomic E-state index is 13.8. The minimum Gasteiger partial charge on any atom is -0.352 e. The third-order valence-electron chi connectivity index (χ3n) is 7.13. The molecule has 1 aliphatic carbocycles. The van der Waals surface area contributed by atoms with Gasteiger partial charge < -0.3 is 10.2 Å². The topological polar surface area (TPSA) is 49.4 Å². The van der Waals surface area contributed by atoms with E-state index in [0.29, 0.717) is 30.2 Å². The van der Waals surface area contributed by atoms with Crippen LogP contribution in [0.25, 0.3) is 0 Å². The van der Waals surface area contributed by atoms with Crippen molar-refractivity contribution in [2.75, 3.05) is 5.75 Å². The summed E-state index contributed by atoms with van der Waals surface area (Å²) in [4.78, 5) is 30.5. The quantitative estimate of drug-likeness (QED) is 0.257. The van der Waals surface area contributed by atoms with Gasteiger partial charge in [-0.2, -0.15) is 0 Å². The van der Waals surface area contributed by atoms with E-state index < -0.39 is 6.04 Å². The normalized spacial score (nSPS) is 14.6. The molecular weight excluding hydrogens is 512 g/mol. The second-order valence-corrected chi connectivity index (χ2v) is 11.6. The van der Waals surface area contributed by atoms with Gasteiger partial charge in [0.05, 0.1) is 0 Å². The predicted molar refractivity (Wildman–Crippen MR) is 157 cm³/mol. The van der Waals surface area contributed by atoms with E-state index in [4.69, 9.17) is 11.6 Å². The van der Waals surface area contributed by atoms with Gasteiger partial charge in [0.2, 0.25) is 11.8 Å². The molecule has 4 nitrogen and oxygen atoms in total. The zero-order valence-electron chi connectivity index (χ0n) is 22.1. The number of aryl methyl sites for hydroxylation is 1. The number of hydrogen-bond donors (Lipinski definition) is 1. The summed E-state index contributed by atoms with van der Waals surface area (Å²) in [7, 11) is 0. The number of benzene rings is 3. The molecule has 0 radical (unpaired) electrons. The zero-order chi connectivity index (χ0) is 26.7. The number of nitrogens with zero attached hydrogens (tertiary/aromatic N) is 1. The van der Waals surface area contributed by atoms with Crippen molar-refractivity contribution < 1.29 is 9.59 Å². The van der Waals surface area contributed by atoms with Gasteiger partial charge in [-0.05, 0) is 49.1 Å². The van der Waals surface area contributed by atoms with Gasteiger partial charge in [-0.3, -0.25) is 9.59 Å². The van der Waals surface area contributed by atoms with E-state index >= 15 is 0 Å². The monoisotopic (exact) mass is 548 g/mol. The van der Waals surface area contributed by atoms with Crippen LogP contribution in [0.5, 0.6) is 0 Å². The highest BCUT2D eigenvalue weighted by atomic mass is 35.5. The minimum atomic E-state index is -0.618. The lowest BCUT2D eigenvalue weighted by Gasteiger charge is -2.33. The molecule has 0 bridgehead atoms. The molecule has 1 atom stereocenters. The summed E-state index contributed by atoms with van der Waals surface area (Å²) in [5.74, 6) is 0.528. The molecule has 2 amide bonds. The Balaban J connectivity index is 1.56. The maximum Gasteiger partial charge on any atom is 0.243 e. The van der Waals surface area contributed by atoms with E-state index in [1.165, 1.54) is 12.0 Å². The van der Waals surface area contributed by atoms with Crippen LogP contribution < -0.4 is 5.32 Å². The van der Waals surface area contributed by atoms with Crippen molar-refractivity contribution in [2.24, 2.45) is 0 Å². The molecule has 0 unspecified atom stereocenters. The third-order valence-corrected chi connectivity index (χ3v) is 8.51. The zero-order valence-corrected chi connectivity index (χ0v) is 23.6. The fourth-order valence-electron chi connectivity index (χ4n) is 4.94. The standard InChI is InChI=1S/C32H37ClN2O2S/c1-24-16-18-28(19-17-24)38-21-20-31(36)35(23-26-12-8-9-15-29(26)33)30(22-25-10-4-2-5-11-25)32(37)34-27-13-6-3-7-14-27/h2,4-5,8-12,15-19,27,30H,3,6-7,13-14,20-23H2,1H3,(H,34,37)/t30-/m1/s1. The number of amides is 2. The first kappa shape index (κ1) is 28.3. The van der Waals surface area contributed by atoms with Gasteiger partial charge in [0.25, 0.3) is 0 Å². The Morgan fingerprint density at radius 3 is 2.34 bits per heavy atom. The first-order chi connectivity index (χ1) is 18.5. The third kappa shape index (κ3) is 8.37. The first-order valence-electron chi connectivity index (χ1n) is 13.6. The average Bonchev–Trinajstić information content (AvgIpc) is 2.93. The van der Waals surface area contributed by atoms with Crippen molar-refractivity contribution in [3.63, 3.8) is 0 Å². The van der Waals surface area contributed by atoms with E-state index in [-0.39, 0.29) is 17.9 Å². The molecule has 0 heterocycles. The fraction of sp³-hybridized carbons (Fsp3) is 0.375. The molecule has 4 rings (SSSR count). The van der Waals surface area contributed by atoms with Crippen LogP contribution in [0, 0.1) is 6.92 Å². The average molecular weight is 549 g/mol. The van der Waals surface area contributed by atoms with Gasteiger partial charge in [0.15, 0.2) is 0 Å². The minimum absolute atomic E-state index is 0.0377. The van der Waals surface area contributed by atoms with Gasteiger partial charge in [-0.1, -0.05) is 97.1 Å². The number of nitrogens with one attached hydrogen (secondary N) is 1. The van der Waals surface area contributed by atoms with Crippen molar-refractivity contribution >= 4 is 35.2 Å². The smallest absolute Gasteiger partial charge is 0.243 e. The maximum atomic E-state index is 13.8. The summed E-state index contributed by atoms with van der Waals surface area (Å²) < 4.78 is 0. The molecule has 0 aromatic heterocycles. The van der Waals surface area contributed by atoms with E-state index in [1.54, 1.807) is 16.7 Å². The lowest BCUT2D eigenvalue weighted by molar-refractivity contribution is -0.141. The van der Waals surface area contributed by atoms with Crippen LogP contribution in [-0.4, -0.2) is 34.6 Å².